The van der Waals surface area contributed by atoms with Gasteiger partial charge in [0.1, 0.15) is 0 Å². The van der Waals surface area contributed by atoms with E-state index in [2.05, 4.69) is 43.1 Å². The second-order valence-corrected chi connectivity index (χ2v) is 3.82. The molecule has 1 aromatic carbocycles. The predicted octanol–water partition coefficient (Wildman–Crippen LogP) is 2.76. The van der Waals surface area contributed by atoms with Crippen molar-refractivity contribution in [3.05, 3.63) is 41.1 Å². The molecular formula is C13H16N2. The maximum Gasteiger partial charge on any atom is 0.0459 e. The molecule has 2 heteroatoms. The number of aryl methyl sites for hydroxylation is 2. The second-order valence-electron chi connectivity index (χ2n) is 3.82. The van der Waals surface area contributed by atoms with Crippen LogP contribution in [-0.4, -0.2) is 11.5 Å². The number of nitrogens with one attached hydrogen (secondary N) is 1. The molecule has 0 aliphatic heterocycles. The number of aromatic amines is 1. The van der Waals surface area contributed by atoms with Gasteiger partial charge >= 0.3 is 0 Å². The highest BCUT2D eigenvalue weighted by Gasteiger charge is 2.03. The summed E-state index contributed by atoms with van der Waals surface area (Å²) in [5, 5.41) is 1.30. The van der Waals surface area contributed by atoms with Crippen molar-refractivity contribution < 1.29 is 0 Å². The molecule has 78 valence electrons. The van der Waals surface area contributed by atoms with Crippen LogP contribution >= 0.6 is 0 Å². The maximum absolute atomic E-state index is 5.43. The number of rotatable bonds is 2. The lowest BCUT2D eigenvalue weighted by atomic mass is 10.1. The Labute approximate surface area is 89.8 Å². The Morgan fingerprint density at radius 1 is 1.33 bits per heavy atom. The molecule has 1 heterocycles. The molecule has 0 amide bonds. The molecule has 1 aromatic heterocycles. The Morgan fingerprint density at radius 2 is 2.13 bits per heavy atom. The minimum absolute atomic E-state index is 0.586. The van der Waals surface area contributed by atoms with Crippen LogP contribution in [0.3, 0.4) is 0 Å². The highest BCUT2D eigenvalue weighted by Crippen LogP contribution is 2.22. The lowest BCUT2D eigenvalue weighted by molar-refractivity contribution is 1.25. The van der Waals surface area contributed by atoms with Gasteiger partial charge in [-0.15, -0.1) is 0 Å². The van der Waals surface area contributed by atoms with Crippen LogP contribution in [-0.2, 0) is 0 Å². The SMILES string of the molecule is Cc1[nH]c2ccc(/C=C/CN)cc2c1C. The molecule has 0 spiro atoms. The molecule has 0 unspecified atom stereocenters. The molecule has 0 saturated carbocycles. The van der Waals surface area contributed by atoms with Gasteiger partial charge in [0.25, 0.3) is 0 Å². The average Bonchev–Trinajstić information content (AvgIpc) is 2.52. The fourth-order valence-electron chi connectivity index (χ4n) is 1.79. The van der Waals surface area contributed by atoms with Crippen LogP contribution in [0.2, 0.25) is 0 Å². The van der Waals surface area contributed by atoms with Crippen molar-refractivity contribution in [1.82, 2.24) is 4.98 Å². The summed E-state index contributed by atoms with van der Waals surface area (Å²) in [6.07, 6.45) is 4.03. The van der Waals surface area contributed by atoms with Crippen molar-refractivity contribution in [1.29, 1.82) is 0 Å². The summed E-state index contributed by atoms with van der Waals surface area (Å²) in [5.41, 5.74) is 10.4. The lowest BCUT2D eigenvalue weighted by Crippen LogP contribution is -1.91. The number of hydrogen-bond acceptors (Lipinski definition) is 1. The zero-order chi connectivity index (χ0) is 10.8. The van der Waals surface area contributed by atoms with E-state index in [0.29, 0.717) is 6.54 Å². The summed E-state index contributed by atoms with van der Waals surface area (Å²) in [7, 11) is 0. The normalized spacial score (nSPS) is 11.7. The second kappa shape index (κ2) is 3.91. The van der Waals surface area contributed by atoms with Gasteiger partial charge in [0.2, 0.25) is 0 Å². The third-order valence-corrected chi connectivity index (χ3v) is 2.78. The minimum atomic E-state index is 0.586. The molecule has 0 saturated heterocycles. The molecule has 0 aliphatic rings. The molecule has 2 nitrogen and oxygen atoms in total. The smallest absolute Gasteiger partial charge is 0.0459 e. The molecular weight excluding hydrogens is 184 g/mol. The van der Waals surface area contributed by atoms with Crippen molar-refractivity contribution in [3.8, 4) is 0 Å². The number of nitrogens with two attached hydrogens (primary N) is 1. The number of benzene rings is 1. The third kappa shape index (κ3) is 1.81. The molecule has 0 aliphatic carbocycles. The first kappa shape index (κ1) is 9.99. The molecule has 0 fully saturated rings. The van der Waals surface area contributed by atoms with E-state index in [1.807, 2.05) is 6.08 Å². The molecule has 3 N–H and O–H groups in total. The molecule has 2 rings (SSSR count). The van der Waals surface area contributed by atoms with Crippen molar-refractivity contribution in [2.75, 3.05) is 6.54 Å². The van der Waals surface area contributed by atoms with E-state index >= 15 is 0 Å². The van der Waals surface area contributed by atoms with E-state index in [1.54, 1.807) is 0 Å². The van der Waals surface area contributed by atoms with Gasteiger partial charge in [-0.25, -0.2) is 0 Å². The van der Waals surface area contributed by atoms with Crippen LogP contribution in [0.15, 0.2) is 24.3 Å². The van der Waals surface area contributed by atoms with E-state index in [-0.39, 0.29) is 0 Å². The Kier molecular flexibility index (Phi) is 2.60. The predicted molar refractivity (Wildman–Crippen MR) is 65.9 cm³/mol. The van der Waals surface area contributed by atoms with Gasteiger partial charge in [-0.05, 0) is 37.1 Å². The van der Waals surface area contributed by atoms with Crippen molar-refractivity contribution in [2.24, 2.45) is 5.73 Å². The fraction of sp³-hybridized carbons (Fsp3) is 0.231. The maximum atomic E-state index is 5.43. The first-order chi connectivity index (χ1) is 7.22. The van der Waals surface area contributed by atoms with Crippen LogP contribution in [0, 0.1) is 13.8 Å². The monoisotopic (exact) mass is 200 g/mol. The van der Waals surface area contributed by atoms with Gasteiger partial charge in [-0.3, -0.25) is 0 Å². The standard InChI is InChI=1S/C13H16N2/c1-9-10(2)15-13-6-5-11(4-3-7-14)8-12(9)13/h3-6,8,15H,7,14H2,1-2H3/b4-3+. The first-order valence-electron chi connectivity index (χ1n) is 5.18. The Morgan fingerprint density at radius 3 is 2.87 bits per heavy atom. The summed E-state index contributed by atoms with van der Waals surface area (Å²) in [6, 6.07) is 6.41. The van der Waals surface area contributed by atoms with Gasteiger partial charge in [-0.1, -0.05) is 18.2 Å². The van der Waals surface area contributed by atoms with Crippen molar-refractivity contribution >= 4 is 17.0 Å². The van der Waals surface area contributed by atoms with Crippen molar-refractivity contribution in [3.63, 3.8) is 0 Å². The summed E-state index contributed by atoms with van der Waals surface area (Å²) in [6.45, 7) is 4.83. The number of hydrogen-bond donors (Lipinski definition) is 2. The summed E-state index contributed by atoms with van der Waals surface area (Å²) in [4.78, 5) is 3.36. The fourth-order valence-corrected chi connectivity index (χ4v) is 1.79. The van der Waals surface area contributed by atoms with E-state index in [0.717, 1.165) is 0 Å². The van der Waals surface area contributed by atoms with Crippen LogP contribution in [0.4, 0.5) is 0 Å². The summed E-state index contributed by atoms with van der Waals surface area (Å²) < 4.78 is 0. The topological polar surface area (TPSA) is 41.8 Å². The zero-order valence-electron chi connectivity index (χ0n) is 9.17. The summed E-state index contributed by atoms with van der Waals surface area (Å²) >= 11 is 0. The van der Waals surface area contributed by atoms with E-state index in [9.17, 15) is 0 Å². The van der Waals surface area contributed by atoms with Crippen LogP contribution in [0.1, 0.15) is 16.8 Å². The number of fused-ring (bicyclic) bond motifs is 1. The Hall–Kier alpha value is -1.54. The third-order valence-electron chi connectivity index (χ3n) is 2.78. The van der Waals surface area contributed by atoms with Crippen molar-refractivity contribution in [2.45, 2.75) is 13.8 Å². The van der Waals surface area contributed by atoms with Crippen LogP contribution < -0.4 is 5.73 Å². The van der Waals surface area contributed by atoms with E-state index < -0.39 is 0 Å². The lowest BCUT2D eigenvalue weighted by Gasteiger charge is -1.95. The highest BCUT2D eigenvalue weighted by atomic mass is 14.7. The number of aromatic nitrogens is 1. The largest absolute Gasteiger partial charge is 0.358 e. The molecule has 0 radical (unpaired) electrons. The van der Waals surface area contributed by atoms with Gasteiger partial charge in [-0.2, -0.15) is 0 Å². The van der Waals surface area contributed by atoms with E-state index in [1.165, 1.54) is 27.7 Å². The Bertz CT molecular complexity index is 506. The summed E-state index contributed by atoms with van der Waals surface area (Å²) in [5.74, 6) is 0. The molecule has 2 aromatic rings. The Balaban J connectivity index is 2.54. The van der Waals surface area contributed by atoms with Crippen LogP contribution in [0.25, 0.3) is 17.0 Å². The van der Waals surface area contributed by atoms with Gasteiger partial charge in [0.05, 0.1) is 0 Å². The molecule has 0 bridgehead atoms. The number of H-pyrrole nitrogens is 1. The quantitative estimate of drug-likeness (QED) is 0.769. The molecule has 0 atom stereocenters. The highest BCUT2D eigenvalue weighted by molar-refractivity contribution is 5.86. The van der Waals surface area contributed by atoms with Gasteiger partial charge in [0.15, 0.2) is 0 Å². The zero-order valence-corrected chi connectivity index (χ0v) is 9.17. The first-order valence-corrected chi connectivity index (χ1v) is 5.18. The van der Waals surface area contributed by atoms with Crippen LogP contribution in [0.5, 0.6) is 0 Å². The minimum Gasteiger partial charge on any atom is -0.358 e. The van der Waals surface area contributed by atoms with Gasteiger partial charge < -0.3 is 10.7 Å². The van der Waals surface area contributed by atoms with Gasteiger partial charge in [0, 0.05) is 23.1 Å². The average molecular weight is 200 g/mol. The van der Waals surface area contributed by atoms with E-state index in [4.69, 9.17) is 5.73 Å². The molecule has 15 heavy (non-hydrogen) atoms.